The molecule has 0 aromatic heterocycles. The highest BCUT2D eigenvalue weighted by molar-refractivity contribution is 5.24. The third-order valence-corrected chi connectivity index (χ3v) is 15.7. The average Bonchev–Trinajstić information content (AvgIpc) is 3.53. The van der Waals surface area contributed by atoms with Crippen molar-refractivity contribution in [1.82, 2.24) is 0 Å². The van der Waals surface area contributed by atoms with E-state index < -0.39 is 22.8 Å². The molecule has 8 saturated heterocycles. The zero-order valence-electron chi connectivity index (χ0n) is 33.6. The largest absolute Gasteiger partial charge is 0.381 e. The van der Waals surface area contributed by atoms with Crippen LogP contribution in [0, 0.1) is 47.3 Å². The Hall–Kier alpha value is -1.18. The number of hydrogen-bond acceptors (Lipinski definition) is 10. The van der Waals surface area contributed by atoms with Crippen LogP contribution in [0.4, 0.5) is 0 Å². The minimum atomic E-state index is -0.736. The van der Waals surface area contributed by atoms with E-state index in [4.69, 9.17) is 48.0 Å². The first-order valence-electron chi connectivity index (χ1n) is 21.7. The van der Waals surface area contributed by atoms with Crippen molar-refractivity contribution >= 4 is 0 Å². The van der Waals surface area contributed by atoms with Gasteiger partial charge in [0.1, 0.15) is 0 Å². The lowest BCUT2D eigenvalue weighted by Gasteiger charge is -2.60. The monoisotopic (exact) mass is 754 g/mol. The van der Waals surface area contributed by atoms with Gasteiger partial charge in [-0.1, -0.05) is 52.0 Å². The van der Waals surface area contributed by atoms with Crippen LogP contribution in [0.1, 0.15) is 117 Å². The van der Waals surface area contributed by atoms with E-state index >= 15 is 0 Å². The molecule has 0 amide bonds. The molecular weight excluding hydrogens is 688 g/mol. The Labute approximate surface area is 322 Å². The van der Waals surface area contributed by atoms with Gasteiger partial charge in [0, 0.05) is 37.9 Å². The van der Waals surface area contributed by atoms with Gasteiger partial charge in [0.2, 0.25) is 11.6 Å². The van der Waals surface area contributed by atoms with Gasteiger partial charge in [-0.2, -0.15) is 0 Å². The standard InChI is InChI=1S/C44H66O10/c1-27-10-12-35-29(3)37(47-39-43(35)33(27)14-20-41(5,49-39)51-53-43)18-24-45-22-16-31-8-7-9-32(26-31)17-23-46-25-19-38-30(4)36-13-11-28(2)34-15-21-42(6)50-40(48-38)44(34,36)54-52-42/h7-9,26-30,33-40H,10-25H2,1-6H3/t27-,28-,29-,30-,33+,34+,35+,36+,37-,38-,39-,40-,41+,42+,43-,44-/m1/s1. The van der Waals surface area contributed by atoms with Gasteiger partial charge in [0.05, 0.1) is 25.4 Å². The fourth-order valence-corrected chi connectivity index (χ4v) is 12.5. The topological polar surface area (TPSA) is 92.3 Å². The van der Waals surface area contributed by atoms with Gasteiger partial charge in [0.15, 0.2) is 23.8 Å². The highest BCUT2D eigenvalue weighted by Gasteiger charge is 2.70. The lowest BCUT2D eigenvalue weighted by atomic mass is 9.57. The van der Waals surface area contributed by atoms with Crippen LogP contribution in [0.25, 0.3) is 0 Å². The minimum absolute atomic E-state index is 0.0785. The summed E-state index contributed by atoms with van der Waals surface area (Å²) in [4.78, 5) is 24.6. The van der Waals surface area contributed by atoms with Gasteiger partial charge in [-0.15, -0.1) is 0 Å². The van der Waals surface area contributed by atoms with Crippen LogP contribution >= 0.6 is 0 Å². The van der Waals surface area contributed by atoms with Crippen LogP contribution in [-0.2, 0) is 60.8 Å². The molecule has 0 N–H and O–H groups in total. The lowest BCUT2D eigenvalue weighted by Crippen LogP contribution is -2.70. The van der Waals surface area contributed by atoms with E-state index in [9.17, 15) is 0 Å². The second-order valence-electron chi connectivity index (χ2n) is 19.0. The Morgan fingerprint density at radius 1 is 0.574 bits per heavy atom. The Kier molecular flexibility index (Phi) is 10.6. The summed E-state index contributed by atoms with van der Waals surface area (Å²) in [5.41, 5.74) is 1.59. The summed E-state index contributed by atoms with van der Waals surface area (Å²) in [6.07, 6.45) is 11.3. The highest BCUT2D eigenvalue weighted by Crippen LogP contribution is 2.62. The molecule has 10 fully saturated rings. The molecule has 0 radical (unpaired) electrons. The summed E-state index contributed by atoms with van der Waals surface area (Å²) >= 11 is 0. The molecule has 8 heterocycles. The maximum absolute atomic E-state index is 6.75. The van der Waals surface area contributed by atoms with Crippen molar-refractivity contribution in [2.75, 3.05) is 26.4 Å². The van der Waals surface area contributed by atoms with Crippen LogP contribution in [-0.4, -0.2) is 74.0 Å². The SMILES string of the molecule is C[C@H]1[C@@H](CCOCCc2cccc(CCOCC[C@H]3O[C@@H]4O[C@]5(C)CC[C@H]6[C@H](C)CC[C@@H]([C@H]3C)[C@@]46OO5)c2)O[C@@H]2O[C@]3(C)CC[C@H]4[C@H](C)CC[C@@H]1[C@@]24OO3. The summed E-state index contributed by atoms with van der Waals surface area (Å²) in [5, 5.41) is 0. The van der Waals surface area contributed by atoms with Crippen LogP contribution in [0.2, 0.25) is 0 Å². The molecule has 16 atom stereocenters. The maximum Gasteiger partial charge on any atom is 0.201 e. The molecule has 2 aliphatic carbocycles. The molecule has 1 aromatic carbocycles. The van der Waals surface area contributed by atoms with Crippen molar-refractivity contribution in [3.05, 3.63) is 35.4 Å². The molecule has 8 aliphatic heterocycles. The highest BCUT2D eigenvalue weighted by atomic mass is 17.3. The van der Waals surface area contributed by atoms with Crippen LogP contribution in [0.5, 0.6) is 0 Å². The molecule has 10 nitrogen and oxygen atoms in total. The van der Waals surface area contributed by atoms with Gasteiger partial charge in [-0.25, -0.2) is 19.6 Å². The van der Waals surface area contributed by atoms with Gasteiger partial charge in [0.25, 0.3) is 0 Å². The van der Waals surface area contributed by atoms with E-state index in [0.29, 0.717) is 73.8 Å². The van der Waals surface area contributed by atoms with Crippen molar-refractivity contribution < 1.29 is 48.0 Å². The van der Waals surface area contributed by atoms with E-state index in [1.807, 2.05) is 13.8 Å². The van der Waals surface area contributed by atoms with Crippen molar-refractivity contribution in [2.24, 2.45) is 47.3 Å². The molecule has 10 heteroatoms. The summed E-state index contributed by atoms with van der Waals surface area (Å²) in [6.45, 7) is 16.1. The quantitative estimate of drug-likeness (QED) is 0.154. The van der Waals surface area contributed by atoms with Crippen LogP contribution in [0.3, 0.4) is 0 Å². The van der Waals surface area contributed by atoms with Gasteiger partial charge in [-0.05, 0) is 125 Å². The molecule has 4 bridgehead atoms. The summed E-state index contributed by atoms with van der Waals surface area (Å²) < 4.78 is 39.0. The van der Waals surface area contributed by atoms with Crippen LogP contribution < -0.4 is 0 Å². The Morgan fingerprint density at radius 2 is 1.04 bits per heavy atom. The summed E-state index contributed by atoms with van der Waals surface area (Å²) in [7, 11) is 0. The van der Waals surface area contributed by atoms with Crippen molar-refractivity contribution in [3.8, 4) is 0 Å². The molecular formula is C44H66O10. The predicted octanol–water partition coefficient (Wildman–Crippen LogP) is 8.09. The third kappa shape index (κ3) is 6.55. The number of ether oxygens (including phenoxy) is 6. The van der Waals surface area contributed by atoms with E-state index in [2.05, 4.69) is 52.0 Å². The van der Waals surface area contributed by atoms with E-state index in [1.54, 1.807) is 0 Å². The second-order valence-corrected chi connectivity index (χ2v) is 19.0. The van der Waals surface area contributed by atoms with Gasteiger partial charge < -0.3 is 28.4 Å². The second kappa shape index (κ2) is 14.9. The molecule has 10 aliphatic rings. The fraction of sp³-hybridized carbons (Fsp3) is 0.864. The first-order chi connectivity index (χ1) is 26.0. The number of benzene rings is 1. The van der Waals surface area contributed by atoms with Crippen molar-refractivity contribution in [2.45, 2.75) is 166 Å². The normalized spacial score (nSPS) is 49.1. The van der Waals surface area contributed by atoms with E-state index in [1.165, 1.54) is 24.0 Å². The maximum atomic E-state index is 6.75. The van der Waals surface area contributed by atoms with Gasteiger partial charge >= 0.3 is 0 Å². The van der Waals surface area contributed by atoms with E-state index in [0.717, 1.165) is 64.2 Å². The minimum Gasteiger partial charge on any atom is -0.381 e. The average molecular weight is 755 g/mol. The van der Waals surface area contributed by atoms with E-state index in [-0.39, 0.29) is 24.8 Å². The lowest BCUT2D eigenvalue weighted by molar-refractivity contribution is -0.571. The number of hydrogen-bond donors (Lipinski definition) is 0. The third-order valence-electron chi connectivity index (χ3n) is 15.7. The first kappa shape index (κ1) is 38.3. The molecule has 11 rings (SSSR count). The fourth-order valence-electron chi connectivity index (χ4n) is 12.5. The summed E-state index contributed by atoms with van der Waals surface area (Å²) in [5.74, 6) is 1.88. The Morgan fingerprint density at radius 3 is 1.50 bits per heavy atom. The van der Waals surface area contributed by atoms with Gasteiger partial charge in [-0.3, -0.25) is 0 Å². The Balaban J connectivity index is 0.713. The molecule has 0 unspecified atom stereocenters. The van der Waals surface area contributed by atoms with Crippen molar-refractivity contribution in [3.63, 3.8) is 0 Å². The molecule has 302 valence electrons. The van der Waals surface area contributed by atoms with Crippen molar-refractivity contribution in [1.29, 1.82) is 0 Å². The van der Waals surface area contributed by atoms with Crippen LogP contribution in [0.15, 0.2) is 24.3 Å². The zero-order valence-corrected chi connectivity index (χ0v) is 33.6. The molecule has 2 saturated carbocycles. The molecule has 1 aromatic rings. The predicted molar refractivity (Wildman–Crippen MR) is 198 cm³/mol. The first-order valence-corrected chi connectivity index (χ1v) is 21.7. The summed E-state index contributed by atoms with van der Waals surface area (Å²) in [6, 6.07) is 8.85. The number of fused-ring (bicyclic) bond motifs is 4. The molecule has 54 heavy (non-hydrogen) atoms. The number of rotatable bonds is 12. The Bertz CT molecular complexity index is 1370. The smallest absolute Gasteiger partial charge is 0.201 e. The molecule has 2 spiro atoms. The zero-order chi connectivity index (χ0) is 37.3.